The Morgan fingerprint density at radius 3 is 2.46 bits per heavy atom. The van der Waals surface area contributed by atoms with Gasteiger partial charge in [-0.1, -0.05) is 24.3 Å². The first kappa shape index (κ1) is 38.2. The van der Waals surface area contributed by atoms with Crippen molar-refractivity contribution in [3.8, 4) is 22.8 Å². The molecule has 15 heteroatoms. The second-order valence-electron chi connectivity index (χ2n) is 15.5. The molecule has 3 fully saturated rings. The first-order chi connectivity index (χ1) is 28.8. The molecule has 3 N–H and O–H groups in total. The van der Waals surface area contributed by atoms with Crippen molar-refractivity contribution in [2.45, 2.75) is 32.4 Å². The van der Waals surface area contributed by atoms with E-state index in [2.05, 4.69) is 83.9 Å². The van der Waals surface area contributed by atoms with Gasteiger partial charge in [0.1, 0.15) is 18.0 Å². The summed E-state index contributed by atoms with van der Waals surface area (Å²) >= 11 is 0. The molecule has 59 heavy (non-hydrogen) atoms. The molecule has 3 amide bonds. The Labute approximate surface area is 342 Å². The number of pyridine rings is 1. The van der Waals surface area contributed by atoms with Gasteiger partial charge in [-0.3, -0.25) is 29.5 Å². The van der Waals surface area contributed by atoms with E-state index in [-0.39, 0.29) is 24.1 Å². The number of nitrogens with one attached hydrogen (secondary N) is 3. The molecule has 3 saturated heterocycles. The van der Waals surface area contributed by atoms with E-state index in [0.29, 0.717) is 37.2 Å². The van der Waals surface area contributed by atoms with Crippen molar-refractivity contribution in [3.63, 3.8) is 0 Å². The number of piperidine rings is 1. The van der Waals surface area contributed by atoms with E-state index in [1.807, 2.05) is 47.6 Å². The Morgan fingerprint density at radius 2 is 1.68 bits per heavy atom. The summed E-state index contributed by atoms with van der Waals surface area (Å²) in [6.07, 6.45) is 3.72. The van der Waals surface area contributed by atoms with E-state index in [1.54, 1.807) is 0 Å². The molecule has 4 aliphatic heterocycles. The number of hydrogen-bond acceptors (Lipinski definition) is 13. The molecule has 4 aliphatic rings. The largest absolute Gasteiger partial charge is 0.481 e. The number of piperazine rings is 2. The topological polar surface area (TPSA) is 157 Å². The van der Waals surface area contributed by atoms with Crippen LogP contribution in [0, 0.1) is 6.92 Å². The Morgan fingerprint density at radius 1 is 0.898 bits per heavy atom. The van der Waals surface area contributed by atoms with Crippen molar-refractivity contribution < 1.29 is 23.9 Å². The van der Waals surface area contributed by atoms with E-state index in [4.69, 9.17) is 14.5 Å². The lowest BCUT2D eigenvalue weighted by Gasteiger charge is -2.38. The zero-order valence-electron chi connectivity index (χ0n) is 33.2. The van der Waals surface area contributed by atoms with Gasteiger partial charge in [-0.2, -0.15) is 0 Å². The molecule has 304 valence electrons. The summed E-state index contributed by atoms with van der Waals surface area (Å²) in [5, 5.41) is 10.1. The third-order valence-corrected chi connectivity index (χ3v) is 11.6. The minimum atomic E-state index is -0.650. The summed E-state index contributed by atoms with van der Waals surface area (Å²) in [4.78, 5) is 59.6. The molecule has 6 heterocycles. The number of nitrogens with zero attached hydrogens (tertiary/aromatic N) is 7. The van der Waals surface area contributed by atoms with E-state index in [9.17, 15) is 14.4 Å². The van der Waals surface area contributed by atoms with Gasteiger partial charge < -0.3 is 29.9 Å². The van der Waals surface area contributed by atoms with E-state index in [0.717, 1.165) is 110 Å². The van der Waals surface area contributed by atoms with Crippen molar-refractivity contribution in [2.75, 3.05) is 87.6 Å². The lowest BCUT2D eigenvalue weighted by atomic mass is 10.00. The van der Waals surface area contributed by atoms with Crippen LogP contribution in [-0.2, 0) is 20.9 Å². The molecule has 1 atom stereocenters. The van der Waals surface area contributed by atoms with Crippen molar-refractivity contribution in [2.24, 2.45) is 0 Å². The van der Waals surface area contributed by atoms with Gasteiger partial charge in [0.25, 0.3) is 5.91 Å². The average molecular weight is 797 g/mol. The highest BCUT2D eigenvalue weighted by atomic mass is 16.5. The van der Waals surface area contributed by atoms with Gasteiger partial charge >= 0.3 is 0 Å². The number of rotatable bonds is 10. The number of ether oxygens (including phenoxy) is 2. The minimum absolute atomic E-state index is 0.189. The number of carbonyl (C=O) groups is 3. The molecule has 3 aromatic carbocycles. The molecule has 0 saturated carbocycles. The Bertz CT molecular complexity index is 2340. The van der Waals surface area contributed by atoms with Crippen LogP contribution in [-0.4, -0.2) is 126 Å². The second kappa shape index (κ2) is 16.9. The van der Waals surface area contributed by atoms with E-state index in [1.165, 1.54) is 5.56 Å². The van der Waals surface area contributed by atoms with Gasteiger partial charge in [0, 0.05) is 113 Å². The molecular formula is C44H48N10O5. The second-order valence-corrected chi connectivity index (χ2v) is 15.5. The molecule has 0 radical (unpaired) electrons. The number of amides is 3. The maximum absolute atomic E-state index is 13.3. The first-order valence-corrected chi connectivity index (χ1v) is 20.4. The van der Waals surface area contributed by atoms with Crippen molar-refractivity contribution >= 4 is 51.6 Å². The standard InChI is InChI=1S/C44H48N10O5/c1-29-36(26-46-43-41(29)45-14-23-58-43)31-4-5-32-25-47-44(49-37(32)24-31)48-33-6-2-30(3-7-33)27-51-17-21-54(22-18-51)40(56)28-52-15-19-53(20-16-52)34-8-10-35(11-9-34)59-38-12-13-39(55)50-42(38)57/h2-11,24-26,38,45H,12-23,27-28H2,1H3,(H,47,48,49)(H,50,55,57). The average Bonchev–Trinajstić information content (AvgIpc) is 3.26. The summed E-state index contributed by atoms with van der Waals surface area (Å²) in [6, 6.07) is 22.3. The van der Waals surface area contributed by atoms with Gasteiger partial charge in [-0.15, -0.1) is 0 Å². The zero-order chi connectivity index (χ0) is 40.3. The highest BCUT2D eigenvalue weighted by Gasteiger charge is 2.29. The molecule has 15 nitrogen and oxygen atoms in total. The Kier molecular flexibility index (Phi) is 10.9. The Hall–Kier alpha value is -6.32. The number of fused-ring (bicyclic) bond motifs is 2. The lowest BCUT2D eigenvalue weighted by Crippen LogP contribution is -2.53. The summed E-state index contributed by atoms with van der Waals surface area (Å²) in [5.74, 6) is 1.33. The molecule has 5 aromatic rings. The van der Waals surface area contributed by atoms with Gasteiger partial charge in [0.2, 0.25) is 23.6 Å². The predicted octanol–water partition coefficient (Wildman–Crippen LogP) is 4.20. The number of carbonyl (C=O) groups excluding carboxylic acids is 3. The summed E-state index contributed by atoms with van der Waals surface area (Å²) < 4.78 is 11.5. The molecular weight excluding hydrogens is 749 g/mol. The van der Waals surface area contributed by atoms with Crippen LogP contribution in [0.25, 0.3) is 22.0 Å². The summed E-state index contributed by atoms with van der Waals surface area (Å²) in [6.45, 7) is 11.1. The SMILES string of the molecule is Cc1c(-c2ccc3cnc(Nc4ccc(CN5CCN(C(=O)CN6CCN(c7ccc(OC8CCC(=O)NC8=O)cc7)CC6)CC5)cc4)nc3c2)cnc2c1NCCO2. The number of hydrogen-bond donors (Lipinski definition) is 3. The fourth-order valence-corrected chi connectivity index (χ4v) is 8.14. The maximum atomic E-state index is 13.3. The lowest BCUT2D eigenvalue weighted by molar-refractivity contribution is -0.139. The summed E-state index contributed by atoms with van der Waals surface area (Å²) in [5.41, 5.74) is 8.16. The van der Waals surface area contributed by atoms with Crippen molar-refractivity contribution in [1.29, 1.82) is 0 Å². The monoisotopic (exact) mass is 796 g/mol. The maximum Gasteiger partial charge on any atom is 0.267 e. The van der Waals surface area contributed by atoms with Crippen LogP contribution in [0.2, 0.25) is 0 Å². The van der Waals surface area contributed by atoms with Crippen LogP contribution in [0.5, 0.6) is 11.6 Å². The van der Waals surface area contributed by atoms with Crippen LogP contribution in [0.4, 0.5) is 23.0 Å². The zero-order valence-corrected chi connectivity index (χ0v) is 33.2. The van der Waals surface area contributed by atoms with Crippen LogP contribution in [0.3, 0.4) is 0 Å². The molecule has 9 rings (SSSR count). The highest BCUT2D eigenvalue weighted by molar-refractivity contribution is 6.00. The third-order valence-electron chi connectivity index (χ3n) is 11.6. The van der Waals surface area contributed by atoms with Crippen LogP contribution >= 0.6 is 0 Å². The molecule has 0 bridgehead atoms. The number of aromatic nitrogens is 3. The predicted molar refractivity (Wildman–Crippen MR) is 225 cm³/mol. The molecule has 0 spiro atoms. The normalized spacial score (nSPS) is 18.8. The minimum Gasteiger partial charge on any atom is -0.481 e. The first-order valence-electron chi connectivity index (χ1n) is 20.4. The van der Waals surface area contributed by atoms with Crippen LogP contribution < -0.4 is 30.3 Å². The quantitative estimate of drug-likeness (QED) is 0.173. The number of anilines is 4. The molecule has 0 aliphatic carbocycles. The van der Waals surface area contributed by atoms with Crippen LogP contribution in [0.15, 0.2) is 79.1 Å². The number of imide groups is 1. The number of benzene rings is 3. The smallest absolute Gasteiger partial charge is 0.267 e. The van der Waals surface area contributed by atoms with Gasteiger partial charge in [0.05, 0.1) is 12.1 Å². The third kappa shape index (κ3) is 8.76. The van der Waals surface area contributed by atoms with E-state index >= 15 is 0 Å². The molecule has 1 unspecified atom stereocenters. The Balaban J connectivity index is 0.714. The fraction of sp³-hybridized carbons (Fsp3) is 0.364. The van der Waals surface area contributed by atoms with Crippen molar-refractivity contribution in [3.05, 3.63) is 90.3 Å². The van der Waals surface area contributed by atoms with Gasteiger partial charge in [0.15, 0.2) is 6.10 Å². The van der Waals surface area contributed by atoms with Gasteiger partial charge in [-0.25, -0.2) is 15.0 Å². The van der Waals surface area contributed by atoms with Crippen LogP contribution in [0.1, 0.15) is 24.0 Å². The molecule has 2 aromatic heterocycles. The van der Waals surface area contributed by atoms with E-state index < -0.39 is 6.10 Å². The van der Waals surface area contributed by atoms with Crippen molar-refractivity contribution in [1.82, 2.24) is 35.0 Å². The highest BCUT2D eigenvalue weighted by Crippen LogP contribution is 2.36. The fourth-order valence-electron chi connectivity index (χ4n) is 8.14. The summed E-state index contributed by atoms with van der Waals surface area (Å²) in [7, 11) is 0. The van der Waals surface area contributed by atoms with Gasteiger partial charge in [-0.05, 0) is 66.1 Å².